The Morgan fingerprint density at radius 3 is 2.74 bits per heavy atom. The third kappa shape index (κ3) is 3.13. The molecule has 0 radical (unpaired) electrons. The summed E-state index contributed by atoms with van der Waals surface area (Å²) in [5.74, 6) is 0.831. The third-order valence-corrected chi connectivity index (χ3v) is 5.19. The minimum Gasteiger partial charge on any atom is -0.329 e. The van der Waals surface area contributed by atoms with E-state index in [-0.39, 0.29) is 5.54 Å². The van der Waals surface area contributed by atoms with Gasteiger partial charge >= 0.3 is 0 Å². The Labute approximate surface area is 121 Å². The third-order valence-electron chi connectivity index (χ3n) is 4.82. The van der Waals surface area contributed by atoms with Crippen molar-refractivity contribution in [3.8, 4) is 0 Å². The van der Waals surface area contributed by atoms with E-state index in [1.165, 1.54) is 31.2 Å². The van der Waals surface area contributed by atoms with Crippen molar-refractivity contribution in [3.63, 3.8) is 0 Å². The Balaban J connectivity index is 2.10. The summed E-state index contributed by atoms with van der Waals surface area (Å²) in [5, 5.41) is 0.853. The highest BCUT2D eigenvalue weighted by atomic mass is 35.5. The first kappa shape index (κ1) is 14.8. The van der Waals surface area contributed by atoms with Crippen LogP contribution in [0, 0.1) is 5.92 Å². The van der Waals surface area contributed by atoms with Crippen LogP contribution in [0.4, 0.5) is 0 Å². The Morgan fingerprint density at radius 2 is 2.16 bits per heavy atom. The molecule has 1 aromatic rings. The van der Waals surface area contributed by atoms with E-state index in [9.17, 15) is 0 Å². The summed E-state index contributed by atoms with van der Waals surface area (Å²) in [7, 11) is 2.19. The highest BCUT2D eigenvalue weighted by Crippen LogP contribution is 2.40. The van der Waals surface area contributed by atoms with Gasteiger partial charge in [-0.2, -0.15) is 0 Å². The standard InChI is InChI=1S/C16H25ClN2/c1-3-13-8-9-16(10-13,12-18)19(2)11-14-6-4-5-7-15(14)17/h4-7,13H,3,8-12,18H2,1-2H3. The zero-order chi connectivity index (χ0) is 13.9. The molecule has 2 rings (SSSR count). The van der Waals surface area contributed by atoms with E-state index in [1.807, 2.05) is 18.2 Å². The van der Waals surface area contributed by atoms with Crippen LogP contribution in [0.5, 0.6) is 0 Å². The van der Waals surface area contributed by atoms with E-state index in [4.69, 9.17) is 17.3 Å². The summed E-state index contributed by atoms with van der Waals surface area (Å²) >= 11 is 6.26. The molecule has 19 heavy (non-hydrogen) atoms. The van der Waals surface area contributed by atoms with Crippen molar-refractivity contribution in [2.24, 2.45) is 11.7 Å². The van der Waals surface area contributed by atoms with E-state index >= 15 is 0 Å². The molecular formula is C16H25ClN2. The monoisotopic (exact) mass is 280 g/mol. The maximum absolute atomic E-state index is 6.26. The van der Waals surface area contributed by atoms with Crippen LogP contribution in [-0.2, 0) is 6.54 Å². The summed E-state index contributed by atoms with van der Waals surface area (Å²) in [6, 6.07) is 8.10. The summed E-state index contributed by atoms with van der Waals surface area (Å²) in [5.41, 5.74) is 7.46. The van der Waals surface area contributed by atoms with Crippen molar-refractivity contribution in [3.05, 3.63) is 34.9 Å². The fraction of sp³-hybridized carbons (Fsp3) is 0.625. The lowest BCUT2D eigenvalue weighted by atomic mass is 9.93. The van der Waals surface area contributed by atoms with Crippen LogP contribution < -0.4 is 5.73 Å². The number of likely N-dealkylation sites (N-methyl/N-ethyl adjacent to an activating group) is 1. The van der Waals surface area contributed by atoms with Gasteiger partial charge in [0.15, 0.2) is 0 Å². The number of hydrogen-bond acceptors (Lipinski definition) is 2. The van der Waals surface area contributed by atoms with Crippen molar-refractivity contribution < 1.29 is 0 Å². The largest absolute Gasteiger partial charge is 0.329 e. The molecule has 0 amide bonds. The van der Waals surface area contributed by atoms with Crippen molar-refractivity contribution in [1.29, 1.82) is 0 Å². The zero-order valence-electron chi connectivity index (χ0n) is 12.0. The maximum atomic E-state index is 6.26. The average Bonchev–Trinajstić information content (AvgIpc) is 2.86. The van der Waals surface area contributed by atoms with Gasteiger partial charge < -0.3 is 5.73 Å². The number of hydrogen-bond donors (Lipinski definition) is 1. The number of halogens is 1. The van der Waals surface area contributed by atoms with Crippen LogP contribution in [0.25, 0.3) is 0 Å². The molecule has 1 aromatic carbocycles. The molecule has 1 fully saturated rings. The number of rotatable bonds is 5. The minimum absolute atomic E-state index is 0.167. The fourth-order valence-corrected chi connectivity index (χ4v) is 3.50. The fourth-order valence-electron chi connectivity index (χ4n) is 3.30. The maximum Gasteiger partial charge on any atom is 0.0451 e. The molecular weight excluding hydrogens is 256 g/mol. The van der Waals surface area contributed by atoms with Crippen molar-refractivity contribution >= 4 is 11.6 Å². The molecule has 3 heteroatoms. The Bertz CT molecular complexity index is 421. The average molecular weight is 281 g/mol. The van der Waals surface area contributed by atoms with E-state index in [0.717, 1.165) is 24.0 Å². The van der Waals surface area contributed by atoms with E-state index in [1.54, 1.807) is 0 Å². The summed E-state index contributed by atoms with van der Waals surface area (Å²) in [6.07, 6.45) is 5.01. The van der Waals surface area contributed by atoms with Gasteiger partial charge in [0.05, 0.1) is 0 Å². The molecule has 2 atom stereocenters. The second-order valence-electron chi connectivity index (χ2n) is 5.89. The number of nitrogens with two attached hydrogens (primary N) is 1. The normalized spacial score (nSPS) is 27.1. The molecule has 2 nitrogen and oxygen atoms in total. The quantitative estimate of drug-likeness (QED) is 0.891. The van der Waals surface area contributed by atoms with Gasteiger partial charge in [-0.15, -0.1) is 0 Å². The van der Waals surface area contributed by atoms with Gasteiger partial charge in [-0.1, -0.05) is 43.1 Å². The second kappa shape index (κ2) is 6.25. The molecule has 0 bridgehead atoms. The van der Waals surface area contributed by atoms with Crippen LogP contribution in [0.1, 0.15) is 38.2 Å². The van der Waals surface area contributed by atoms with Gasteiger partial charge in [0, 0.05) is 23.7 Å². The summed E-state index contributed by atoms with van der Waals surface area (Å²) in [6.45, 7) is 3.91. The number of nitrogens with zero attached hydrogens (tertiary/aromatic N) is 1. The lowest BCUT2D eigenvalue weighted by molar-refractivity contribution is 0.119. The lowest BCUT2D eigenvalue weighted by Crippen LogP contribution is -2.49. The lowest BCUT2D eigenvalue weighted by Gasteiger charge is -2.38. The molecule has 1 aliphatic rings. The smallest absolute Gasteiger partial charge is 0.0451 e. The first-order chi connectivity index (χ1) is 9.11. The van der Waals surface area contributed by atoms with Gasteiger partial charge in [-0.05, 0) is 43.9 Å². The Kier molecular flexibility index (Phi) is 4.88. The highest BCUT2D eigenvalue weighted by molar-refractivity contribution is 6.31. The Hall–Kier alpha value is -0.570. The van der Waals surface area contributed by atoms with Gasteiger partial charge in [-0.25, -0.2) is 0 Å². The van der Waals surface area contributed by atoms with Crippen LogP contribution in [0.2, 0.25) is 5.02 Å². The van der Waals surface area contributed by atoms with Gasteiger partial charge in [-0.3, -0.25) is 4.90 Å². The summed E-state index contributed by atoms with van der Waals surface area (Å²) in [4.78, 5) is 2.42. The summed E-state index contributed by atoms with van der Waals surface area (Å²) < 4.78 is 0. The first-order valence-electron chi connectivity index (χ1n) is 7.26. The zero-order valence-corrected chi connectivity index (χ0v) is 12.8. The predicted molar refractivity (Wildman–Crippen MR) is 82.3 cm³/mol. The molecule has 0 aliphatic heterocycles. The van der Waals surface area contributed by atoms with Crippen LogP contribution in [0.3, 0.4) is 0 Å². The van der Waals surface area contributed by atoms with E-state index in [0.29, 0.717) is 0 Å². The predicted octanol–water partition coefficient (Wildman–Crippen LogP) is 3.68. The van der Waals surface area contributed by atoms with Crippen molar-refractivity contribution in [2.75, 3.05) is 13.6 Å². The van der Waals surface area contributed by atoms with Crippen molar-refractivity contribution in [2.45, 2.75) is 44.7 Å². The van der Waals surface area contributed by atoms with Crippen LogP contribution >= 0.6 is 11.6 Å². The number of benzene rings is 1. The molecule has 0 saturated heterocycles. The van der Waals surface area contributed by atoms with Crippen molar-refractivity contribution in [1.82, 2.24) is 4.90 Å². The molecule has 0 aromatic heterocycles. The van der Waals surface area contributed by atoms with E-state index in [2.05, 4.69) is 24.9 Å². The van der Waals surface area contributed by atoms with Gasteiger partial charge in [0.25, 0.3) is 0 Å². The van der Waals surface area contributed by atoms with Crippen LogP contribution in [0.15, 0.2) is 24.3 Å². The van der Waals surface area contributed by atoms with Crippen LogP contribution in [-0.4, -0.2) is 24.0 Å². The topological polar surface area (TPSA) is 29.3 Å². The minimum atomic E-state index is 0.167. The first-order valence-corrected chi connectivity index (χ1v) is 7.64. The van der Waals surface area contributed by atoms with Gasteiger partial charge in [0.2, 0.25) is 0 Å². The molecule has 2 unspecified atom stereocenters. The molecule has 0 spiro atoms. The molecule has 2 N–H and O–H groups in total. The molecule has 106 valence electrons. The van der Waals surface area contributed by atoms with E-state index < -0.39 is 0 Å². The second-order valence-corrected chi connectivity index (χ2v) is 6.30. The molecule has 1 aliphatic carbocycles. The highest BCUT2D eigenvalue weighted by Gasteiger charge is 2.40. The van der Waals surface area contributed by atoms with Gasteiger partial charge in [0.1, 0.15) is 0 Å². The molecule has 1 saturated carbocycles. The Morgan fingerprint density at radius 1 is 1.42 bits per heavy atom. The molecule has 0 heterocycles. The SMILES string of the molecule is CCC1CCC(CN)(N(C)Cc2ccccc2Cl)C1.